The van der Waals surface area contributed by atoms with Crippen LogP contribution in [0.25, 0.3) is 22.9 Å². The summed E-state index contributed by atoms with van der Waals surface area (Å²) in [4.78, 5) is 4.31. The Morgan fingerprint density at radius 3 is 2.55 bits per heavy atom. The fourth-order valence-corrected chi connectivity index (χ4v) is 2.07. The van der Waals surface area contributed by atoms with E-state index in [-0.39, 0.29) is 0 Å². The first-order valence-electron chi connectivity index (χ1n) is 6.21. The van der Waals surface area contributed by atoms with E-state index in [4.69, 9.17) is 0 Å². The van der Waals surface area contributed by atoms with Crippen LogP contribution >= 0.6 is 0 Å². The first kappa shape index (κ1) is 12.5. The lowest BCUT2D eigenvalue weighted by atomic mass is 10.1. The number of pyridine rings is 1. The molecule has 0 amide bonds. The molecule has 0 aliphatic carbocycles. The van der Waals surface area contributed by atoms with Gasteiger partial charge in [-0.1, -0.05) is 36.4 Å². The van der Waals surface area contributed by atoms with Gasteiger partial charge in [0.25, 0.3) is 0 Å². The minimum absolute atomic E-state index is 0.596. The van der Waals surface area contributed by atoms with Gasteiger partial charge in [-0.25, -0.2) is 8.78 Å². The Morgan fingerprint density at radius 2 is 1.70 bits per heavy atom. The van der Waals surface area contributed by atoms with Crippen molar-refractivity contribution < 1.29 is 8.78 Å². The molecule has 0 aliphatic heterocycles. The number of halogens is 2. The Bertz CT molecular complexity index is 789. The van der Waals surface area contributed by atoms with E-state index in [9.17, 15) is 8.78 Å². The first-order valence-corrected chi connectivity index (χ1v) is 6.21. The molecule has 0 aliphatic rings. The summed E-state index contributed by atoms with van der Waals surface area (Å²) in [6.07, 6.45) is 5.25. The molecule has 98 valence electrons. The third-order valence-corrected chi connectivity index (χ3v) is 3.08. The summed E-state index contributed by atoms with van der Waals surface area (Å²) >= 11 is 0. The molecule has 0 atom stereocenters. The van der Waals surface area contributed by atoms with Crippen LogP contribution in [0.1, 0.15) is 11.3 Å². The minimum atomic E-state index is -0.849. The minimum Gasteiger partial charge on any atom is -0.256 e. The van der Waals surface area contributed by atoms with Crippen LogP contribution in [0.3, 0.4) is 0 Å². The van der Waals surface area contributed by atoms with E-state index in [1.165, 1.54) is 6.07 Å². The SMILES string of the molecule is Fc1ccc(/C=C/c2nccc3ccccc23)cc1F. The molecule has 3 heteroatoms. The molecule has 0 radical (unpaired) electrons. The molecule has 0 N–H and O–H groups in total. The van der Waals surface area contributed by atoms with E-state index in [0.29, 0.717) is 5.56 Å². The van der Waals surface area contributed by atoms with Gasteiger partial charge in [-0.2, -0.15) is 0 Å². The zero-order chi connectivity index (χ0) is 13.9. The van der Waals surface area contributed by atoms with Gasteiger partial charge in [0, 0.05) is 11.6 Å². The number of aromatic nitrogens is 1. The Kier molecular flexibility index (Phi) is 3.25. The summed E-state index contributed by atoms with van der Waals surface area (Å²) in [5, 5.41) is 2.11. The van der Waals surface area contributed by atoms with E-state index >= 15 is 0 Å². The van der Waals surface area contributed by atoms with Crippen LogP contribution in [0.2, 0.25) is 0 Å². The molecule has 0 unspecified atom stereocenters. The van der Waals surface area contributed by atoms with E-state index in [1.54, 1.807) is 18.3 Å². The fourth-order valence-electron chi connectivity index (χ4n) is 2.07. The average molecular weight is 267 g/mol. The Hall–Kier alpha value is -2.55. The highest BCUT2D eigenvalue weighted by atomic mass is 19.2. The monoisotopic (exact) mass is 267 g/mol. The van der Waals surface area contributed by atoms with Gasteiger partial charge in [-0.05, 0) is 35.2 Å². The smallest absolute Gasteiger partial charge is 0.159 e. The average Bonchev–Trinajstić information content (AvgIpc) is 2.48. The summed E-state index contributed by atoms with van der Waals surface area (Å²) < 4.78 is 26.0. The van der Waals surface area contributed by atoms with Crippen LogP contribution in [0, 0.1) is 11.6 Å². The van der Waals surface area contributed by atoms with Gasteiger partial charge in [-0.15, -0.1) is 0 Å². The van der Waals surface area contributed by atoms with E-state index in [2.05, 4.69) is 4.98 Å². The summed E-state index contributed by atoms with van der Waals surface area (Å²) in [7, 11) is 0. The molecule has 0 spiro atoms. The molecule has 0 bridgehead atoms. The lowest BCUT2D eigenvalue weighted by Gasteiger charge is -2.01. The van der Waals surface area contributed by atoms with Crippen LogP contribution < -0.4 is 0 Å². The predicted molar refractivity (Wildman–Crippen MR) is 77.0 cm³/mol. The van der Waals surface area contributed by atoms with E-state index < -0.39 is 11.6 Å². The van der Waals surface area contributed by atoms with Crippen molar-refractivity contribution in [2.24, 2.45) is 0 Å². The summed E-state index contributed by atoms with van der Waals surface area (Å²) in [5.41, 5.74) is 1.39. The zero-order valence-corrected chi connectivity index (χ0v) is 10.6. The molecular formula is C17H11F2N. The van der Waals surface area contributed by atoms with Crippen molar-refractivity contribution in [2.45, 2.75) is 0 Å². The summed E-state index contributed by atoms with van der Waals surface area (Å²) in [5.74, 6) is -1.69. The maximum absolute atomic E-state index is 13.1. The van der Waals surface area contributed by atoms with Gasteiger partial charge in [-0.3, -0.25) is 4.98 Å². The standard InChI is InChI=1S/C17H11F2N/c18-15-7-5-12(11-16(15)19)6-8-17-14-4-2-1-3-13(14)9-10-20-17/h1-11H/b8-6+. The van der Waals surface area contributed by atoms with Crippen molar-refractivity contribution in [2.75, 3.05) is 0 Å². The van der Waals surface area contributed by atoms with Gasteiger partial charge in [0.2, 0.25) is 0 Å². The van der Waals surface area contributed by atoms with E-state index in [0.717, 1.165) is 28.6 Å². The van der Waals surface area contributed by atoms with Gasteiger partial charge in [0.05, 0.1) is 5.69 Å². The predicted octanol–water partition coefficient (Wildman–Crippen LogP) is 4.68. The van der Waals surface area contributed by atoms with Gasteiger partial charge >= 0.3 is 0 Å². The van der Waals surface area contributed by atoms with Crippen molar-refractivity contribution in [1.82, 2.24) is 4.98 Å². The molecule has 3 rings (SSSR count). The summed E-state index contributed by atoms with van der Waals surface area (Å²) in [6.45, 7) is 0. The summed E-state index contributed by atoms with van der Waals surface area (Å²) in [6, 6.07) is 13.6. The number of hydrogen-bond acceptors (Lipinski definition) is 1. The maximum Gasteiger partial charge on any atom is 0.159 e. The first-order chi connectivity index (χ1) is 9.74. The number of rotatable bonds is 2. The van der Waals surface area contributed by atoms with Crippen molar-refractivity contribution in [3.63, 3.8) is 0 Å². The number of fused-ring (bicyclic) bond motifs is 1. The molecule has 2 aromatic carbocycles. The second-order valence-electron chi connectivity index (χ2n) is 4.42. The molecule has 0 saturated heterocycles. The Balaban J connectivity index is 2.00. The molecule has 1 aromatic heterocycles. The molecule has 0 saturated carbocycles. The highest BCUT2D eigenvalue weighted by Crippen LogP contribution is 2.19. The Labute approximate surface area is 115 Å². The van der Waals surface area contributed by atoms with Crippen molar-refractivity contribution in [3.8, 4) is 0 Å². The van der Waals surface area contributed by atoms with Crippen LogP contribution in [0.15, 0.2) is 54.7 Å². The number of benzene rings is 2. The van der Waals surface area contributed by atoms with Crippen molar-refractivity contribution >= 4 is 22.9 Å². The lowest BCUT2D eigenvalue weighted by Crippen LogP contribution is -1.85. The molecule has 1 nitrogen and oxygen atoms in total. The second kappa shape index (κ2) is 5.21. The number of hydrogen-bond donors (Lipinski definition) is 0. The van der Waals surface area contributed by atoms with Crippen LogP contribution in [0.5, 0.6) is 0 Å². The van der Waals surface area contributed by atoms with Crippen LogP contribution in [-0.2, 0) is 0 Å². The van der Waals surface area contributed by atoms with Crippen molar-refractivity contribution in [3.05, 3.63) is 77.6 Å². The van der Waals surface area contributed by atoms with E-state index in [1.807, 2.05) is 30.3 Å². The molecule has 1 heterocycles. The van der Waals surface area contributed by atoms with Crippen molar-refractivity contribution in [1.29, 1.82) is 0 Å². The lowest BCUT2D eigenvalue weighted by molar-refractivity contribution is 0.508. The van der Waals surface area contributed by atoms with Crippen LogP contribution in [-0.4, -0.2) is 4.98 Å². The van der Waals surface area contributed by atoms with Gasteiger partial charge in [0.1, 0.15) is 0 Å². The Morgan fingerprint density at radius 1 is 0.850 bits per heavy atom. The fraction of sp³-hybridized carbons (Fsp3) is 0. The second-order valence-corrected chi connectivity index (χ2v) is 4.42. The molecule has 3 aromatic rings. The quantitative estimate of drug-likeness (QED) is 0.656. The van der Waals surface area contributed by atoms with Gasteiger partial charge < -0.3 is 0 Å². The van der Waals surface area contributed by atoms with Crippen LogP contribution in [0.4, 0.5) is 8.78 Å². The maximum atomic E-state index is 13.1. The normalized spacial score (nSPS) is 11.3. The highest BCUT2D eigenvalue weighted by molar-refractivity contribution is 5.90. The third-order valence-electron chi connectivity index (χ3n) is 3.08. The highest BCUT2D eigenvalue weighted by Gasteiger charge is 2.01. The zero-order valence-electron chi connectivity index (χ0n) is 10.6. The molecule has 20 heavy (non-hydrogen) atoms. The van der Waals surface area contributed by atoms with Gasteiger partial charge in [0.15, 0.2) is 11.6 Å². The molecular weight excluding hydrogens is 256 g/mol. The molecule has 0 fully saturated rings. The number of nitrogens with zero attached hydrogens (tertiary/aromatic N) is 1. The largest absolute Gasteiger partial charge is 0.256 e. The topological polar surface area (TPSA) is 12.9 Å². The third kappa shape index (κ3) is 2.43.